The highest BCUT2D eigenvalue weighted by atomic mass is 16.7. The fourth-order valence-electron chi connectivity index (χ4n) is 3.07. The zero-order valence-corrected chi connectivity index (χ0v) is 12.0. The first kappa shape index (κ1) is 14.3. The van der Waals surface area contributed by atoms with E-state index < -0.39 is 11.7 Å². The first-order valence-corrected chi connectivity index (χ1v) is 7.26. The van der Waals surface area contributed by atoms with Crippen LogP contribution in [0.2, 0.25) is 0 Å². The average Bonchev–Trinajstić information content (AvgIpc) is 2.89. The number of carbonyl (C=O) groups is 1. The Kier molecular flexibility index (Phi) is 3.84. The molecule has 2 saturated heterocycles. The van der Waals surface area contributed by atoms with Crippen molar-refractivity contribution in [2.75, 3.05) is 32.0 Å². The molecule has 0 radical (unpaired) electrons. The summed E-state index contributed by atoms with van der Waals surface area (Å²) in [5.74, 6) is -0.891. The Morgan fingerprint density at radius 2 is 2.10 bits per heavy atom. The van der Waals surface area contributed by atoms with Crippen LogP contribution in [0.5, 0.6) is 0 Å². The molecule has 1 aromatic carbocycles. The van der Waals surface area contributed by atoms with Gasteiger partial charge in [0, 0.05) is 24.2 Å². The van der Waals surface area contributed by atoms with Crippen LogP contribution in [0, 0.1) is 0 Å². The Bertz CT molecular complexity index is 541. The number of carbonyl (C=O) groups excluding carboxylic acids is 1. The third-order valence-electron chi connectivity index (χ3n) is 4.13. The van der Waals surface area contributed by atoms with Crippen LogP contribution in [-0.2, 0) is 16.0 Å². The predicted octanol–water partition coefficient (Wildman–Crippen LogP) is 0.707. The number of piperidine rings is 1. The monoisotopic (exact) mass is 291 g/mol. The van der Waals surface area contributed by atoms with E-state index in [-0.39, 0.29) is 0 Å². The van der Waals surface area contributed by atoms with Gasteiger partial charge >= 0.3 is 0 Å². The molecule has 2 aliphatic rings. The molecule has 1 amide bonds. The van der Waals surface area contributed by atoms with E-state index in [0.717, 1.165) is 38.0 Å². The van der Waals surface area contributed by atoms with Crippen molar-refractivity contribution in [2.24, 2.45) is 5.73 Å². The third kappa shape index (κ3) is 3.02. The Morgan fingerprint density at radius 3 is 2.76 bits per heavy atom. The first-order chi connectivity index (χ1) is 10.1. The number of nitrogens with zero attached hydrogens (tertiary/aromatic N) is 1. The van der Waals surface area contributed by atoms with E-state index in [4.69, 9.17) is 20.9 Å². The second-order valence-electron chi connectivity index (χ2n) is 5.70. The maximum absolute atomic E-state index is 11.1. The topological polar surface area (TPSA) is 90.8 Å². The van der Waals surface area contributed by atoms with Gasteiger partial charge in [-0.25, -0.2) is 0 Å². The van der Waals surface area contributed by atoms with E-state index in [0.29, 0.717) is 24.5 Å². The lowest BCUT2D eigenvalue weighted by molar-refractivity contribution is -0.190. The van der Waals surface area contributed by atoms with Crippen LogP contribution >= 0.6 is 0 Å². The van der Waals surface area contributed by atoms with Crippen LogP contribution in [0.3, 0.4) is 0 Å². The maximum Gasteiger partial charge on any atom is 0.248 e. The van der Waals surface area contributed by atoms with Gasteiger partial charge in [0.05, 0.1) is 19.8 Å². The average molecular weight is 291 g/mol. The lowest BCUT2D eigenvalue weighted by Crippen LogP contribution is -2.48. The molecule has 2 fully saturated rings. The number of nitrogen functional groups attached to an aromatic ring is 1. The molecule has 1 aromatic rings. The summed E-state index contributed by atoms with van der Waals surface area (Å²) in [7, 11) is 0. The summed E-state index contributed by atoms with van der Waals surface area (Å²) in [6, 6.07) is 5.23. The number of amides is 1. The highest BCUT2D eigenvalue weighted by Crippen LogP contribution is 2.31. The summed E-state index contributed by atoms with van der Waals surface area (Å²) < 4.78 is 11.5. The van der Waals surface area contributed by atoms with Gasteiger partial charge in [-0.05, 0) is 30.7 Å². The van der Waals surface area contributed by atoms with Gasteiger partial charge < -0.3 is 20.9 Å². The summed E-state index contributed by atoms with van der Waals surface area (Å²) in [5, 5.41) is 0. The van der Waals surface area contributed by atoms with Crippen molar-refractivity contribution in [2.45, 2.75) is 25.2 Å². The number of hydrogen-bond donors (Lipinski definition) is 2. The molecular formula is C15H21N3O3. The SMILES string of the molecule is NC(=O)c1ccc(CN2CCCC3(C2)OCCO3)c(N)c1. The predicted molar refractivity (Wildman–Crippen MR) is 78.5 cm³/mol. The van der Waals surface area contributed by atoms with E-state index in [1.54, 1.807) is 12.1 Å². The molecule has 21 heavy (non-hydrogen) atoms. The molecule has 6 nitrogen and oxygen atoms in total. The second-order valence-corrected chi connectivity index (χ2v) is 5.70. The van der Waals surface area contributed by atoms with Crippen LogP contribution in [0.15, 0.2) is 18.2 Å². The summed E-state index contributed by atoms with van der Waals surface area (Å²) in [6.07, 6.45) is 1.98. The molecule has 2 heterocycles. The Morgan fingerprint density at radius 1 is 1.33 bits per heavy atom. The summed E-state index contributed by atoms with van der Waals surface area (Å²) in [6.45, 7) is 3.81. The quantitative estimate of drug-likeness (QED) is 0.800. The van der Waals surface area contributed by atoms with Gasteiger partial charge in [0.15, 0.2) is 5.79 Å². The van der Waals surface area contributed by atoms with E-state index in [2.05, 4.69) is 4.90 Å². The molecule has 1 spiro atoms. The number of hydrogen-bond acceptors (Lipinski definition) is 5. The van der Waals surface area contributed by atoms with Crippen LogP contribution in [0.4, 0.5) is 5.69 Å². The number of rotatable bonds is 3. The zero-order valence-electron chi connectivity index (χ0n) is 12.0. The number of primary amides is 1. The molecule has 4 N–H and O–H groups in total. The number of anilines is 1. The largest absolute Gasteiger partial charge is 0.398 e. The smallest absolute Gasteiger partial charge is 0.248 e. The van der Waals surface area contributed by atoms with Crippen molar-refractivity contribution in [3.8, 4) is 0 Å². The minimum Gasteiger partial charge on any atom is -0.398 e. The number of ether oxygens (including phenoxy) is 2. The fraction of sp³-hybridized carbons (Fsp3) is 0.533. The highest BCUT2D eigenvalue weighted by molar-refractivity contribution is 5.93. The normalized spacial score (nSPS) is 21.7. The first-order valence-electron chi connectivity index (χ1n) is 7.26. The van der Waals surface area contributed by atoms with Gasteiger partial charge in [0.25, 0.3) is 0 Å². The third-order valence-corrected chi connectivity index (χ3v) is 4.13. The summed E-state index contributed by atoms with van der Waals surface area (Å²) >= 11 is 0. The van der Waals surface area contributed by atoms with Gasteiger partial charge in [-0.2, -0.15) is 0 Å². The van der Waals surface area contributed by atoms with Crippen LogP contribution in [0.1, 0.15) is 28.8 Å². The molecule has 0 aliphatic carbocycles. The van der Waals surface area contributed by atoms with Crippen LogP contribution in [-0.4, -0.2) is 42.9 Å². The maximum atomic E-state index is 11.1. The van der Waals surface area contributed by atoms with Gasteiger partial charge in [0.2, 0.25) is 5.91 Å². The van der Waals surface area contributed by atoms with Crippen molar-refractivity contribution in [1.29, 1.82) is 0 Å². The Labute approximate surface area is 124 Å². The van der Waals surface area contributed by atoms with Gasteiger partial charge in [-0.3, -0.25) is 9.69 Å². The van der Waals surface area contributed by atoms with Crippen molar-refractivity contribution in [3.05, 3.63) is 29.3 Å². The van der Waals surface area contributed by atoms with E-state index >= 15 is 0 Å². The molecule has 0 aromatic heterocycles. The molecule has 3 rings (SSSR count). The Hall–Kier alpha value is -1.63. The van der Waals surface area contributed by atoms with Crippen molar-refractivity contribution >= 4 is 11.6 Å². The lowest BCUT2D eigenvalue weighted by atomic mass is 10.0. The van der Waals surface area contributed by atoms with Crippen molar-refractivity contribution < 1.29 is 14.3 Å². The van der Waals surface area contributed by atoms with E-state index in [1.807, 2.05) is 6.07 Å². The molecular weight excluding hydrogens is 270 g/mol. The van der Waals surface area contributed by atoms with Crippen molar-refractivity contribution in [3.63, 3.8) is 0 Å². The number of likely N-dealkylation sites (tertiary alicyclic amines) is 1. The summed E-state index contributed by atoms with van der Waals surface area (Å²) in [5.41, 5.74) is 13.3. The summed E-state index contributed by atoms with van der Waals surface area (Å²) in [4.78, 5) is 13.4. The number of benzene rings is 1. The second kappa shape index (κ2) is 5.63. The molecule has 0 unspecified atom stereocenters. The molecule has 0 saturated carbocycles. The molecule has 0 atom stereocenters. The highest BCUT2D eigenvalue weighted by Gasteiger charge is 2.40. The Balaban J connectivity index is 1.70. The minimum absolute atomic E-state index is 0.430. The standard InChI is InChI=1S/C15H21N3O3/c16-13-8-11(14(17)19)2-3-12(13)9-18-5-1-4-15(10-18)20-6-7-21-15/h2-3,8H,1,4-7,9-10,16H2,(H2,17,19). The van der Waals surface area contributed by atoms with E-state index in [1.165, 1.54) is 0 Å². The van der Waals surface area contributed by atoms with Crippen LogP contribution in [0.25, 0.3) is 0 Å². The minimum atomic E-state index is -0.460. The van der Waals surface area contributed by atoms with Crippen LogP contribution < -0.4 is 11.5 Å². The van der Waals surface area contributed by atoms with Gasteiger partial charge in [0.1, 0.15) is 0 Å². The molecule has 0 bridgehead atoms. The number of nitrogens with two attached hydrogens (primary N) is 2. The van der Waals surface area contributed by atoms with Gasteiger partial charge in [-0.15, -0.1) is 0 Å². The molecule has 114 valence electrons. The molecule has 2 aliphatic heterocycles. The lowest BCUT2D eigenvalue weighted by Gasteiger charge is -2.38. The van der Waals surface area contributed by atoms with Crippen molar-refractivity contribution in [1.82, 2.24) is 4.90 Å². The zero-order chi connectivity index (χ0) is 14.9. The molecule has 6 heteroatoms. The fourth-order valence-corrected chi connectivity index (χ4v) is 3.07. The van der Waals surface area contributed by atoms with Gasteiger partial charge in [-0.1, -0.05) is 6.07 Å². The van der Waals surface area contributed by atoms with E-state index in [9.17, 15) is 4.79 Å².